The molecule has 1 aromatic heterocycles. The molecule has 6 nitrogen and oxygen atoms in total. The molecule has 128 valence electrons. The molecule has 0 aliphatic rings. The van der Waals surface area contributed by atoms with Gasteiger partial charge in [0.25, 0.3) is 5.91 Å². The number of nitrogens with one attached hydrogen (secondary N) is 1. The van der Waals surface area contributed by atoms with Crippen molar-refractivity contribution in [1.82, 2.24) is 14.8 Å². The number of hydrogen-bond donors (Lipinski definition) is 2. The number of hydrogen-bond acceptors (Lipinski definition) is 4. The van der Waals surface area contributed by atoms with E-state index in [0.29, 0.717) is 17.8 Å². The molecule has 0 aliphatic carbocycles. The van der Waals surface area contributed by atoms with Crippen LogP contribution in [-0.4, -0.2) is 32.4 Å². The van der Waals surface area contributed by atoms with Crippen LogP contribution < -0.4 is 5.32 Å². The topological polar surface area (TPSA) is 80.0 Å². The summed E-state index contributed by atoms with van der Waals surface area (Å²) in [6.45, 7) is 3.85. The largest absolute Gasteiger partial charge is 0.396 e. The van der Waals surface area contributed by atoms with E-state index in [2.05, 4.69) is 15.4 Å². The molecule has 1 amide bonds. The average molecular weight is 336 g/mol. The van der Waals surface area contributed by atoms with Gasteiger partial charge in [-0.2, -0.15) is 5.10 Å². The maximum atomic E-state index is 12.4. The summed E-state index contributed by atoms with van der Waals surface area (Å²) in [6.07, 6.45) is 0.608. The molecular weight excluding hydrogens is 316 g/mol. The fourth-order valence-corrected chi connectivity index (χ4v) is 2.61. The van der Waals surface area contributed by atoms with E-state index in [0.717, 1.165) is 22.8 Å². The number of anilines is 1. The van der Waals surface area contributed by atoms with Gasteiger partial charge in [0.2, 0.25) is 0 Å². The normalized spacial score (nSPS) is 10.7. The fourth-order valence-electron chi connectivity index (χ4n) is 2.61. The Morgan fingerprint density at radius 2 is 1.76 bits per heavy atom. The number of nitrogens with zero attached hydrogens (tertiary/aromatic N) is 3. The van der Waals surface area contributed by atoms with Gasteiger partial charge in [-0.3, -0.25) is 4.79 Å². The molecule has 0 saturated carbocycles. The van der Waals surface area contributed by atoms with Crippen LogP contribution in [0.2, 0.25) is 0 Å². The van der Waals surface area contributed by atoms with E-state index >= 15 is 0 Å². The third-order valence-electron chi connectivity index (χ3n) is 3.86. The van der Waals surface area contributed by atoms with Crippen LogP contribution in [0.25, 0.3) is 5.69 Å². The Morgan fingerprint density at radius 3 is 2.32 bits per heavy atom. The second kappa shape index (κ2) is 7.27. The maximum Gasteiger partial charge on any atom is 0.255 e. The van der Waals surface area contributed by atoms with E-state index < -0.39 is 0 Å². The van der Waals surface area contributed by atoms with Crippen LogP contribution in [0.5, 0.6) is 0 Å². The molecule has 0 fully saturated rings. The molecule has 6 heteroatoms. The monoisotopic (exact) mass is 336 g/mol. The molecule has 3 aromatic rings. The molecular formula is C19H20N4O2. The molecule has 0 saturated heterocycles. The molecule has 2 N–H and O–H groups in total. The summed E-state index contributed by atoms with van der Waals surface area (Å²) in [6, 6.07) is 14.7. The van der Waals surface area contributed by atoms with Crippen molar-refractivity contribution in [1.29, 1.82) is 0 Å². The molecule has 3 rings (SSSR count). The first-order chi connectivity index (χ1) is 12.1. The van der Waals surface area contributed by atoms with Gasteiger partial charge >= 0.3 is 0 Å². The molecule has 25 heavy (non-hydrogen) atoms. The summed E-state index contributed by atoms with van der Waals surface area (Å²) in [7, 11) is 0. The zero-order valence-electron chi connectivity index (χ0n) is 14.2. The number of aliphatic hydroxyl groups is 1. The molecule has 0 radical (unpaired) electrons. The Morgan fingerprint density at radius 1 is 1.08 bits per heavy atom. The van der Waals surface area contributed by atoms with E-state index in [1.165, 1.54) is 0 Å². The van der Waals surface area contributed by atoms with E-state index in [4.69, 9.17) is 5.11 Å². The van der Waals surface area contributed by atoms with Gasteiger partial charge in [-0.1, -0.05) is 12.1 Å². The van der Waals surface area contributed by atoms with Gasteiger partial charge < -0.3 is 10.4 Å². The molecule has 0 bridgehead atoms. The van der Waals surface area contributed by atoms with Gasteiger partial charge in [0.1, 0.15) is 11.6 Å². The maximum absolute atomic E-state index is 12.4. The minimum atomic E-state index is -0.173. The third kappa shape index (κ3) is 3.92. The number of aliphatic hydroxyl groups excluding tert-OH is 1. The number of aryl methyl sites for hydroxylation is 2. The number of aromatic nitrogens is 3. The quantitative estimate of drug-likeness (QED) is 0.751. The first kappa shape index (κ1) is 16.9. The number of rotatable bonds is 5. The first-order valence-electron chi connectivity index (χ1n) is 8.08. The minimum absolute atomic E-state index is 0.114. The number of benzene rings is 2. The van der Waals surface area contributed by atoms with Crippen LogP contribution in [0.1, 0.15) is 27.6 Å². The van der Waals surface area contributed by atoms with E-state index in [-0.39, 0.29) is 12.5 Å². The zero-order chi connectivity index (χ0) is 17.8. The van der Waals surface area contributed by atoms with Gasteiger partial charge in [0.05, 0.1) is 5.69 Å². The zero-order valence-corrected chi connectivity index (χ0v) is 14.2. The highest BCUT2D eigenvalue weighted by Gasteiger charge is 2.09. The summed E-state index contributed by atoms with van der Waals surface area (Å²) in [5, 5.41) is 16.1. The Balaban J connectivity index is 1.71. The highest BCUT2D eigenvalue weighted by molar-refractivity contribution is 6.04. The van der Waals surface area contributed by atoms with Gasteiger partial charge in [-0.05, 0) is 62.2 Å². The second-order valence-corrected chi connectivity index (χ2v) is 5.79. The van der Waals surface area contributed by atoms with Crippen molar-refractivity contribution in [2.45, 2.75) is 20.3 Å². The lowest BCUT2D eigenvalue weighted by molar-refractivity contribution is 0.102. The lowest BCUT2D eigenvalue weighted by Gasteiger charge is -2.08. The summed E-state index contributed by atoms with van der Waals surface area (Å²) in [4.78, 5) is 16.6. The van der Waals surface area contributed by atoms with Crippen molar-refractivity contribution in [3.63, 3.8) is 0 Å². The van der Waals surface area contributed by atoms with Crippen LogP contribution >= 0.6 is 0 Å². The van der Waals surface area contributed by atoms with Gasteiger partial charge in [-0.25, -0.2) is 9.67 Å². The Hall–Kier alpha value is -2.99. The molecule has 0 atom stereocenters. The minimum Gasteiger partial charge on any atom is -0.396 e. The average Bonchev–Trinajstić information content (AvgIpc) is 2.95. The standard InChI is InChI=1S/C19H20N4O2/c1-13-20-14(2)23(22-13)18-9-5-16(6-10-18)19(25)21-17-7-3-15(4-8-17)11-12-24/h3-10,24H,11-12H2,1-2H3,(H,21,25). The van der Waals surface area contributed by atoms with E-state index in [1.54, 1.807) is 16.8 Å². The van der Waals surface area contributed by atoms with Crippen molar-refractivity contribution in [3.05, 3.63) is 71.3 Å². The summed E-state index contributed by atoms with van der Waals surface area (Å²) < 4.78 is 1.75. The van der Waals surface area contributed by atoms with Gasteiger partial charge in [-0.15, -0.1) is 0 Å². The van der Waals surface area contributed by atoms with Gasteiger partial charge in [0.15, 0.2) is 0 Å². The molecule has 0 unspecified atom stereocenters. The highest BCUT2D eigenvalue weighted by atomic mass is 16.3. The van der Waals surface area contributed by atoms with Crippen molar-refractivity contribution in [3.8, 4) is 5.69 Å². The van der Waals surface area contributed by atoms with Crippen molar-refractivity contribution in [2.24, 2.45) is 0 Å². The molecule has 1 heterocycles. The molecule has 2 aromatic carbocycles. The highest BCUT2D eigenvalue weighted by Crippen LogP contribution is 2.14. The number of amides is 1. The summed E-state index contributed by atoms with van der Waals surface area (Å²) >= 11 is 0. The van der Waals surface area contributed by atoms with Crippen LogP contribution in [0, 0.1) is 13.8 Å². The lowest BCUT2D eigenvalue weighted by Crippen LogP contribution is -2.12. The summed E-state index contributed by atoms with van der Waals surface area (Å²) in [5.74, 6) is 1.34. The fraction of sp³-hybridized carbons (Fsp3) is 0.211. The second-order valence-electron chi connectivity index (χ2n) is 5.79. The van der Waals surface area contributed by atoms with E-state index in [1.807, 2.05) is 50.2 Å². The van der Waals surface area contributed by atoms with Crippen LogP contribution in [0.4, 0.5) is 5.69 Å². The number of carbonyl (C=O) groups excluding carboxylic acids is 1. The Kier molecular flexibility index (Phi) is 4.90. The summed E-state index contributed by atoms with van der Waals surface area (Å²) in [5.41, 5.74) is 3.18. The Labute approximate surface area is 146 Å². The van der Waals surface area contributed by atoms with Crippen LogP contribution in [-0.2, 0) is 6.42 Å². The number of carbonyl (C=O) groups is 1. The SMILES string of the molecule is Cc1nc(C)n(-c2ccc(C(=O)Nc3ccc(CCO)cc3)cc2)n1. The van der Waals surface area contributed by atoms with Gasteiger partial charge in [0, 0.05) is 17.9 Å². The van der Waals surface area contributed by atoms with Crippen molar-refractivity contribution >= 4 is 11.6 Å². The molecule has 0 spiro atoms. The third-order valence-corrected chi connectivity index (χ3v) is 3.86. The molecule has 0 aliphatic heterocycles. The van der Waals surface area contributed by atoms with Crippen molar-refractivity contribution in [2.75, 3.05) is 11.9 Å². The van der Waals surface area contributed by atoms with Crippen LogP contribution in [0.15, 0.2) is 48.5 Å². The smallest absolute Gasteiger partial charge is 0.255 e. The predicted octanol–water partition coefficient (Wildman–Crippen LogP) is 2.67. The Bertz CT molecular complexity index is 867. The van der Waals surface area contributed by atoms with Crippen LogP contribution in [0.3, 0.4) is 0 Å². The lowest BCUT2D eigenvalue weighted by atomic mass is 10.1. The van der Waals surface area contributed by atoms with E-state index in [9.17, 15) is 4.79 Å². The predicted molar refractivity (Wildman–Crippen MR) is 96.0 cm³/mol. The first-order valence-corrected chi connectivity index (χ1v) is 8.08. The van der Waals surface area contributed by atoms with Crippen molar-refractivity contribution < 1.29 is 9.90 Å².